The molecule has 1 fully saturated rings. The zero-order chi connectivity index (χ0) is 18.1. The number of aromatic nitrogens is 1. The lowest BCUT2D eigenvalue weighted by atomic mass is 9.77. The van der Waals surface area contributed by atoms with Gasteiger partial charge in [-0.15, -0.1) is 0 Å². The Labute approximate surface area is 138 Å². The maximum absolute atomic E-state index is 12.9. The van der Waals surface area contributed by atoms with Crippen molar-refractivity contribution in [2.45, 2.75) is 37.7 Å². The van der Waals surface area contributed by atoms with Gasteiger partial charge >= 0.3 is 12.4 Å². The SMILES string of the molecule is O=C(NC1C[C@@H](C(F)(F)F)C[C@@H](C(F)(F)F)C1)c1ccc(Cl)nc1. The van der Waals surface area contributed by atoms with E-state index >= 15 is 0 Å². The second-order valence-electron chi connectivity index (χ2n) is 5.72. The summed E-state index contributed by atoms with van der Waals surface area (Å²) >= 11 is 5.55. The fourth-order valence-corrected chi connectivity index (χ4v) is 2.86. The summed E-state index contributed by atoms with van der Waals surface area (Å²) in [5, 5.41) is 2.35. The Balaban J connectivity index is 2.12. The van der Waals surface area contributed by atoms with Crippen LogP contribution in [0.25, 0.3) is 0 Å². The predicted molar refractivity (Wildman–Crippen MR) is 73.4 cm³/mol. The van der Waals surface area contributed by atoms with Gasteiger partial charge < -0.3 is 5.32 Å². The third-order valence-electron chi connectivity index (χ3n) is 3.96. The van der Waals surface area contributed by atoms with Crippen LogP contribution in [0.2, 0.25) is 5.15 Å². The van der Waals surface area contributed by atoms with Gasteiger partial charge in [0.05, 0.1) is 17.4 Å². The van der Waals surface area contributed by atoms with Crippen molar-refractivity contribution in [2.24, 2.45) is 11.8 Å². The van der Waals surface area contributed by atoms with Gasteiger partial charge in [0.25, 0.3) is 5.91 Å². The van der Waals surface area contributed by atoms with Crippen LogP contribution >= 0.6 is 11.6 Å². The first-order valence-electron chi connectivity index (χ1n) is 7.02. The maximum Gasteiger partial charge on any atom is 0.391 e. The number of alkyl halides is 6. The molecule has 0 spiro atoms. The van der Waals surface area contributed by atoms with Crippen molar-refractivity contribution >= 4 is 17.5 Å². The predicted octanol–water partition coefficient (Wildman–Crippen LogP) is 4.37. The minimum atomic E-state index is -4.74. The van der Waals surface area contributed by atoms with Crippen LogP contribution in [0.5, 0.6) is 0 Å². The molecule has 2 rings (SSSR count). The number of carbonyl (C=O) groups is 1. The van der Waals surface area contributed by atoms with Gasteiger partial charge in [-0.05, 0) is 31.4 Å². The smallest absolute Gasteiger partial charge is 0.349 e. The first kappa shape index (κ1) is 18.8. The van der Waals surface area contributed by atoms with Crippen molar-refractivity contribution < 1.29 is 31.1 Å². The highest BCUT2D eigenvalue weighted by atomic mass is 35.5. The Morgan fingerprint density at radius 3 is 2.00 bits per heavy atom. The lowest BCUT2D eigenvalue weighted by Gasteiger charge is -2.36. The van der Waals surface area contributed by atoms with E-state index in [1.807, 2.05) is 0 Å². The molecule has 0 radical (unpaired) electrons. The highest BCUT2D eigenvalue weighted by Gasteiger charge is 2.52. The summed E-state index contributed by atoms with van der Waals surface area (Å²) in [6.07, 6.45) is -10.6. The molecule has 1 aromatic heterocycles. The maximum atomic E-state index is 12.9. The highest BCUT2D eigenvalue weighted by Crippen LogP contribution is 2.45. The van der Waals surface area contributed by atoms with Gasteiger partial charge in [0.1, 0.15) is 5.15 Å². The number of hydrogen-bond donors (Lipinski definition) is 1. The van der Waals surface area contributed by atoms with Crippen molar-refractivity contribution in [2.75, 3.05) is 0 Å². The van der Waals surface area contributed by atoms with Crippen LogP contribution in [0.1, 0.15) is 29.6 Å². The summed E-state index contributed by atoms with van der Waals surface area (Å²) in [6, 6.07) is 1.37. The fraction of sp³-hybridized carbons (Fsp3) is 0.571. The van der Waals surface area contributed by atoms with Crippen molar-refractivity contribution in [3.63, 3.8) is 0 Å². The van der Waals surface area contributed by atoms with E-state index in [0.717, 1.165) is 6.20 Å². The van der Waals surface area contributed by atoms with E-state index in [-0.39, 0.29) is 10.7 Å². The zero-order valence-electron chi connectivity index (χ0n) is 12.1. The molecule has 1 aliphatic rings. The molecule has 3 atom stereocenters. The van der Waals surface area contributed by atoms with Gasteiger partial charge in [0, 0.05) is 12.2 Å². The lowest BCUT2D eigenvalue weighted by Crippen LogP contribution is -2.47. The third kappa shape index (κ3) is 4.75. The number of pyridine rings is 1. The monoisotopic (exact) mass is 374 g/mol. The van der Waals surface area contributed by atoms with Crippen LogP contribution in [-0.2, 0) is 0 Å². The molecule has 1 unspecified atom stereocenters. The number of nitrogens with one attached hydrogen (secondary N) is 1. The van der Waals surface area contributed by atoms with Crippen LogP contribution < -0.4 is 5.32 Å². The standard InChI is InChI=1S/C14H13ClF6N2O/c15-11-2-1-7(6-22-11)12(24)23-10-4-8(13(16,17)18)3-9(5-10)14(19,20)21/h1-2,6,8-10H,3-5H2,(H,23,24)/t8-,9+,10?. The van der Waals surface area contributed by atoms with Gasteiger partial charge in [-0.1, -0.05) is 11.6 Å². The molecular formula is C14H13ClF6N2O. The molecule has 1 amide bonds. The van der Waals surface area contributed by atoms with E-state index in [4.69, 9.17) is 11.6 Å². The number of amides is 1. The first-order valence-corrected chi connectivity index (χ1v) is 7.40. The minimum absolute atomic E-state index is 0.0112. The van der Waals surface area contributed by atoms with Gasteiger partial charge in [-0.3, -0.25) is 4.79 Å². The number of nitrogens with zero attached hydrogens (tertiary/aromatic N) is 1. The molecule has 0 aromatic carbocycles. The van der Waals surface area contributed by atoms with Crippen molar-refractivity contribution in [3.8, 4) is 0 Å². The number of halogens is 7. The molecular weight excluding hydrogens is 362 g/mol. The minimum Gasteiger partial charge on any atom is -0.349 e. The van der Waals surface area contributed by atoms with E-state index in [0.29, 0.717) is 0 Å². The second-order valence-corrected chi connectivity index (χ2v) is 6.11. The van der Waals surface area contributed by atoms with Crippen LogP contribution in [0.4, 0.5) is 26.3 Å². The van der Waals surface area contributed by atoms with Gasteiger partial charge in [-0.25, -0.2) is 4.98 Å². The lowest BCUT2D eigenvalue weighted by molar-refractivity contribution is -0.225. The largest absolute Gasteiger partial charge is 0.391 e. The van der Waals surface area contributed by atoms with Crippen molar-refractivity contribution in [1.29, 1.82) is 0 Å². The van der Waals surface area contributed by atoms with Crippen LogP contribution in [0.15, 0.2) is 18.3 Å². The second kappa shape index (κ2) is 6.78. The molecule has 0 saturated heterocycles. The molecule has 0 aliphatic heterocycles. The number of carbonyl (C=O) groups excluding carboxylic acids is 1. The molecule has 24 heavy (non-hydrogen) atoms. The molecule has 1 aliphatic carbocycles. The molecule has 1 saturated carbocycles. The first-order chi connectivity index (χ1) is 11.0. The van der Waals surface area contributed by atoms with Crippen LogP contribution in [0.3, 0.4) is 0 Å². The van der Waals surface area contributed by atoms with E-state index in [2.05, 4.69) is 10.3 Å². The third-order valence-corrected chi connectivity index (χ3v) is 4.18. The molecule has 10 heteroatoms. The van der Waals surface area contributed by atoms with Crippen LogP contribution in [0, 0.1) is 11.8 Å². The van der Waals surface area contributed by atoms with Gasteiger partial charge in [0.2, 0.25) is 0 Å². The summed E-state index contributed by atoms with van der Waals surface area (Å²) in [4.78, 5) is 15.6. The Kier molecular flexibility index (Phi) is 5.31. The summed E-state index contributed by atoms with van der Waals surface area (Å²) in [6.45, 7) is 0. The molecule has 134 valence electrons. The average Bonchev–Trinajstić information content (AvgIpc) is 2.45. The molecule has 3 nitrogen and oxygen atoms in total. The Morgan fingerprint density at radius 2 is 1.58 bits per heavy atom. The molecule has 1 heterocycles. The Morgan fingerprint density at radius 1 is 1.04 bits per heavy atom. The fourth-order valence-electron chi connectivity index (χ4n) is 2.75. The van der Waals surface area contributed by atoms with Crippen molar-refractivity contribution in [3.05, 3.63) is 29.0 Å². The highest BCUT2D eigenvalue weighted by molar-refractivity contribution is 6.29. The summed E-state index contributed by atoms with van der Waals surface area (Å²) in [5.41, 5.74) is 0.0112. The number of rotatable bonds is 2. The van der Waals surface area contributed by atoms with E-state index in [1.54, 1.807) is 0 Å². The average molecular weight is 375 g/mol. The normalized spacial score (nSPS) is 25.4. The Bertz CT molecular complexity index is 564. The van der Waals surface area contributed by atoms with E-state index < -0.39 is 55.4 Å². The van der Waals surface area contributed by atoms with Gasteiger partial charge in [0.15, 0.2) is 0 Å². The van der Waals surface area contributed by atoms with E-state index in [1.165, 1.54) is 12.1 Å². The summed E-state index contributed by atoms with van der Waals surface area (Å²) < 4.78 is 77.3. The van der Waals surface area contributed by atoms with Crippen molar-refractivity contribution in [1.82, 2.24) is 10.3 Å². The summed E-state index contributed by atoms with van der Waals surface area (Å²) in [5.74, 6) is -4.99. The Hall–Kier alpha value is -1.51. The van der Waals surface area contributed by atoms with E-state index in [9.17, 15) is 31.1 Å². The topological polar surface area (TPSA) is 42.0 Å². The molecule has 1 aromatic rings. The molecule has 0 bridgehead atoms. The quantitative estimate of drug-likeness (QED) is 0.617. The van der Waals surface area contributed by atoms with Crippen LogP contribution in [-0.4, -0.2) is 29.3 Å². The zero-order valence-corrected chi connectivity index (χ0v) is 12.8. The molecule has 1 N–H and O–H groups in total. The number of hydrogen-bond acceptors (Lipinski definition) is 2. The summed E-state index contributed by atoms with van der Waals surface area (Å²) in [7, 11) is 0. The van der Waals surface area contributed by atoms with Gasteiger partial charge in [-0.2, -0.15) is 26.3 Å².